The summed E-state index contributed by atoms with van der Waals surface area (Å²) in [5.41, 5.74) is 2.15. The van der Waals surface area contributed by atoms with Crippen molar-refractivity contribution < 1.29 is 14.7 Å². The molecule has 19 heavy (non-hydrogen) atoms. The van der Waals surface area contributed by atoms with E-state index in [0.717, 1.165) is 12.0 Å². The maximum atomic E-state index is 11.9. The zero-order valence-electron chi connectivity index (χ0n) is 11.2. The SMILES string of the molecule is Cc1ccc(O)c(C)c1NC(=O)CN1CCCC1=O. The first-order valence-corrected chi connectivity index (χ1v) is 6.36. The van der Waals surface area contributed by atoms with Crippen molar-refractivity contribution in [2.24, 2.45) is 0 Å². The monoisotopic (exact) mass is 262 g/mol. The highest BCUT2D eigenvalue weighted by Crippen LogP contribution is 2.27. The molecule has 2 N–H and O–H groups in total. The predicted octanol–water partition coefficient (Wildman–Crippen LogP) is 1.57. The standard InChI is InChI=1S/C14H18N2O3/c1-9-5-6-11(17)10(2)14(9)15-12(18)8-16-7-3-4-13(16)19/h5-6,17H,3-4,7-8H2,1-2H3,(H,15,18). The summed E-state index contributed by atoms with van der Waals surface area (Å²) in [6, 6.07) is 3.35. The Morgan fingerprint density at radius 3 is 2.79 bits per heavy atom. The Labute approximate surface area is 112 Å². The number of phenols is 1. The Morgan fingerprint density at radius 2 is 2.16 bits per heavy atom. The smallest absolute Gasteiger partial charge is 0.244 e. The van der Waals surface area contributed by atoms with Crippen LogP contribution < -0.4 is 5.32 Å². The van der Waals surface area contributed by atoms with Gasteiger partial charge in [-0.05, 0) is 31.9 Å². The molecule has 5 nitrogen and oxygen atoms in total. The average molecular weight is 262 g/mol. The second-order valence-electron chi connectivity index (χ2n) is 4.87. The molecule has 1 aliphatic heterocycles. The third-order valence-corrected chi connectivity index (χ3v) is 3.42. The molecule has 1 aromatic carbocycles. The number of nitrogens with one attached hydrogen (secondary N) is 1. The number of aromatic hydroxyl groups is 1. The van der Waals surface area contributed by atoms with E-state index in [1.165, 1.54) is 0 Å². The van der Waals surface area contributed by atoms with Crippen LogP contribution in [0.4, 0.5) is 5.69 Å². The lowest BCUT2D eigenvalue weighted by molar-refractivity contribution is -0.131. The molecule has 0 bridgehead atoms. The lowest BCUT2D eigenvalue weighted by Crippen LogP contribution is -2.34. The molecule has 5 heteroatoms. The first-order chi connectivity index (χ1) is 8.99. The summed E-state index contributed by atoms with van der Waals surface area (Å²) in [6.45, 7) is 4.33. The minimum Gasteiger partial charge on any atom is -0.508 e. The highest BCUT2D eigenvalue weighted by atomic mass is 16.3. The number of likely N-dealkylation sites (tertiary alicyclic amines) is 1. The Kier molecular flexibility index (Phi) is 3.74. The molecule has 0 radical (unpaired) electrons. The van der Waals surface area contributed by atoms with E-state index in [1.54, 1.807) is 24.0 Å². The van der Waals surface area contributed by atoms with Gasteiger partial charge in [-0.1, -0.05) is 6.07 Å². The van der Waals surface area contributed by atoms with Gasteiger partial charge in [0, 0.05) is 18.5 Å². The van der Waals surface area contributed by atoms with Gasteiger partial charge < -0.3 is 15.3 Å². The van der Waals surface area contributed by atoms with Crippen LogP contribution in [0, 0.1) is 13.8 Å². The van der Waals surface area contributed by atoms with Crippen LogP contribution in [0.2, 0.25) is 0 Å². The molecule has 2 rings (SSSR count). The number of hydrogen-bond donors (Lipinski definition) is 2. The van der Waals surface area contributed by atoms with E-state index in [0.29, 0.717) is 24.2 Å². The van der Waals surface area contributed by atoms with Gasteiger partial charge in [0.05, 0.1) is 12.2 Å². The molecule has 1 aromatic rings. The molecule has 1 heterocycles. The molecule has 0 atom stereocenters. The summed E-state index contributed by atoms with van der Waals surface area (Å²) in [7, 11) is 0. The second-order valence-corrected chi connectivity index (χ2v) is 4.87. The van der Waals surface area contributed by atoms with Gasteiger partial charge in [-0.2, -0.15) is 0 Å². The number of aryl methyl sites for hydroxylation is 1. The highest BCUT2D eigenvalue weighted by molar-refractivity contribution is 5.96. The number of amides is 2. The van der Waals surface area contributed by atoms with Gasteiger partial charge in [0.2, 0.25) is 11.8 Å². The molecule has 0 saturated carbocycles. The molecule has 1 aliphatic rings. The second kappa shape index (κ2) is 5.30. The van der Waals surface area contributed by atoms with Crippen LogP contribution in [-0.2, 0) is 9.59 Å². The number of benzene rings is 1. The summed E-state index contributed by atoms with van der Waals surface area (Å²) < 4.78 is 0. The van der Waals surface area contributed by atoms with Crippen molar-refractivity contribution in [1.82, 2.24) is 4.90 Å². The van der Waals surface area contributed by atoms with Crippen molar-refractivity contribution in [3.05, 3.63) is 23.3 Å². The van der Waals surface area contributed by atoms with Crippen LogP contribution in [0.25, 0.3) is 0 Å². The van der Waals surface area contributed by atoms with E-state index < -0.39 is 0 Å². The number of carbonyl (C=O) groups is 2. The first kappa shape index (κ1) is 13.4. The van der Waals surface area contributed by atoms with Crippen LogP contribution >= 0.6 is 0 Å². The fraction of sp³-hybridized carbons (Fsp3) is 0.429. The number of carbonyl (C=O) groups excluding carboxylic acids is 2. The largest absolute Gasteiger partial charge is 0.508 e. The molecular weight excluding hydrogens is 244 g/mol. The quantitative estimate of drug-likeness (QED) is 0.868. The Bertz CT molecular complexity index is 526. The molecule has 1 saturated heterocycles. The zero-order chi connectivity index (χ0) is 14.0. The van der Waals surface area contributed by atoms with E-state index in [9.17, 15) is 14.7 Å². The summed E-state index contributed by atoms with van der Waals surface area (Å²) in [5, 5.41) is 12.4. The van der Waals surface area contributed by atoms with Crippen LogP contribution in [0.1, 0.15) is 24.0 Å². The summed E-state index contributed by atoms with van der Waals surface area (Å²) in [4.78, 5) is 25.0. The average Bonchev–Trinajstić information content (AvgIpc) is 2.76. The van der Waals surface area contributed by atoms with Gasteiger partial charge >= 0.3 is 0 Å². The summed E-state index contributed by atoms with van der Waals surface area (Å²) in [5.74, 6) is -0.0512. The fourth-order valence-electron chi connectivity index (χ4n) is 2.25. The fourth-order valence-corrected chi connectivity index (χ4v) is 2.25. The summed E-state index contributed by atoms with van der Waals surface area (Å²) >= 11 is 0. The van der Waals surface area contributed by atoms with Crippen LogP contribution in [0.15, 0.2) is 12.1 Å². The van der Waals surface area contributed by atoms with Crippen molar-refractivity contribution >= 4 is 17.5 Å². The van der Waals surface area contributed by atoms with Crippen LogP contribution in [0.5, 0.6) is 5.75 Å². The van der Waals surface area contributed by atoms with Gasteiger partial charge in [-0.25, -0.2) is 0 Å². The maximum Gasteiger partial charge on any atom is 0.244 e. The van der Waals surface area contributed by atoms with Crippen molar-refractivity contribution in [2.75, 3.05) is 18.4 Å². The van der Waals surface area contributed by atoms with E-state index in [1.807, 2.05) is 6.92 Å². The van der Waals surface area contributed by atoms with Gasteiger partial charge in [0.1, 0.15) is 5.75 Å². The Balaban J connectivity index is 2.07. The van der Waals surface area contributed by atoms with Gasteiger partial charge in [-0.3, -0.25) is 9.59 Å². The lowest BCUT2D eigenvalue weighted by atomic mass is 10.1. The minimum absolute atomic E-state index is 0.0273. The third-order valence-electron chi connectivity index (χ3n) is 3.42. The van der Waals surface area contributed by atoms with Crippen molar-refractivity contribution in [1.29, 1.82) is 0 Å². The number of anilines is 1. The Hall–Kier alpha value is -2.04. The van der Waals surface area contributed by atoms with Gasteiger partial charge in [0.25, 0.3) is 0 Å². The number of hydrogen-bond acceptors (Lipinski definition) is 3. The van der Waals surface area contributed by atoms with Gasteiger partial charge in [-0.15, -0.1) is 0 Å². The molecule has 0 aromatic heterocycles. The normalized spacial score (nSPS) is 14.8. The molecule has 1 fully saturated rings. The number of nitrogens with zero attached hydrogens (tertiary/aromatic N) is 1. The molecule has 0 unspecified atom stereocenters. The lowest BCUT2D eigenvalue weighted by Gasteiger charge is -2.17. The van der Waals surface area contributed by atoms with Crippen molar-refractivity contribution in [2.45, 2.75) is 26.7 Å². The predicted molar refractivity (Wildman–Crippen MR) is 72.0 cm³/mol. The van der Waals surface area contributed by atoms with Gasteiger partial charge in [0.15, 0.2) is 0 Å². The molecule has 102 valence electrons. The van der Waals surface area contributed by atoms with E-state index in [2.05, 4.69) is 5.32 Å². The molecule has 0 spiro atoms. The van der Waals surface area contributed by atoms with Crippen LogP contribution in [-0.4, -0.2) is 34.9 Å². The van der Waals surface area contributed by atoms with Crippen LogP contribution in [0.3, 0.4) is 0 Å². The van der Waals surface area contributed by atoms with E-state index >= 15 is 0 Å². The van der Waals surface area contributed by atoms with Crippen molar-refractivity contribution in [3.8, 4) is 5.75 Å². The third kappa shape index (κ3) is 2.86. The number of phenolic OH excluding ortho intramolecular Hbond substituents is 1. The first-order valence-electron chi connectivity index (χ1n) is 6.36. The van der Waals surface area contributed by atoms with E-state index in [-0.39, 0.29) is 24.1 Å². The highest BCUT2D eigenvalue weighted by Gasteiger charge is 2.22. The molecule has 0 aliphatic carbocycles. The topological polar surface area (TPSA) is 69.6 Å². The Morgan fingerprint density at radius 1 is 1.42 bits per heavy atom. The zero-order valence-corrected chi connectivity index (χ0v) is 11.2. The maximum absolute atomic E-state index is 11.9. The van der Waals surface area contributed by atoms with E-state index in [4.69, 9.17) is 0 Å². The molecular formula is C14H18N2O3. The summed E-state index contributed by atoms with van der Waals surface area (Å²) in [6.07, 6.45) is 1.34. The molecule has 2 amide bonds. The number of rotatable bonds is 3. The minimum atomic E-state index is -0.230. The van der Waals surface area contributed by atoms with Crippen molar-refractivity contribution in [3.63, 3.8) is 0 Å².